The van der Waals surface area contributed by atoms with Crippen LogP contribution in [0, 0.1) is 0 Å². The zero-order chi connectivity index (χ0) is 12.3. The molecule has 0 aromatic rings. The van der Waals surface area contributed by atoms with E-state index in [1.54, 1.807) is 11.8 Å². The summed E-state index contributed by atoms with van der Waals surface area (Å²) < 4.78 is 0. The van der Waals surface area contributed by atoms with Gasteiger partial charge in [0.2, 0.25) is 11.8 Å². The molecule has 5 nitrogen and oxygen atoms in total. The van der Waals surface area contributed by atoms with E-state index in [9.17, 15) is 14.4 Å². The van der Waals surface area contributed by atoms with Crippen molar-refractivity contribution < 1.29 is 14.4 Å². The van der Waals surface area contributed by atoms with E-state index in [2.05, 4.69) is 5.32 Å². The molecule has 0 spiro atoms. The Morgan fingerprint density at radius 1 is 1.31 bits per heavy atom. The van der Waals surface area contributed by atoms with Crippen molar-refractivity contribution in [3.8, 4) is 0 Å². The number of likely N-dealkylation sites (tertiary alicyclic amines) is 1. The number of nitrogens with one attached hydrogen (secondary N) is 1. The molecule has 1 fully saturated rings. The van der Waals surface area contributed by atoms with Gasteiger partial charge >= 0.3 is 0 Å². The third-order valence-corrected chi connectivity index (χ3v) is 2.93. The van der Waals surface area contributed by atoms with Gasteiger partial charge in [0.15, 0.2) is 5.78 Å². The van der Waals surface area contributed by atoms with Gasteiger partial charge in [-0.05, 0) is 26.7 Å². The molecule has 1 saturated heterocycles. The van der Waals surface area contributed by atoms with Crippen LogP contribution in [0.4, 0.5) is 0 Å². The van der Waals surface area contributed by atoms with Crippen LogP contribution in [0.2, 0.25) is 0 Å². The summed E-state index contributed by atoms with van der Waals surface area (Å²) in [6.07, 6.45) is 1.52. The molecule has 0 saturated carbocycles. The molecule has 1 aliphatic heterocycles. The van der Waals surface area contributed by atoms with E-state index < -0.39 is 12.1 Å². The molecule has 0 aromatic carbocycles. The molecule has 1 heterocycles. The van der Waals surface area contributed by atoms with Crippen LogP contribution in [-0.4, -0.2) is 41.1 Å². The van der Waals surface area contributed by atoms with Gasteiger partial charge < -0.3 is 10.2 Å². The Morgan fingerprint density at radius 3 is 2.44 bits per heavy atom. The summed E-state index contributed by atoms with van der Waals surface area (Å²) >= 11 is 0. The fraction of sp³-hybridized carbons (Fsp3) is 0.727. The van der Waals surface area contributed by atoms with Crippen LogP contribution in [0.3, 0.4) is 0 Å². The first kappa shape index (κ1) is 12.7. The standard InChI is InChI=1S/C11H18N2O3/c1-7(8(2)14)12-11(16)10-5-4-6-13(10)9(3)15/h7,10H,4-6H2,1-3H3,(H,12,16). The Kier molecular flexibility index (Phi) is 4.04. The summed E-state index contributed by atoms with van der Waals surface area (Å²) in [4.78, 5) is 35.6. The quantitative estimate of drug-likeness (QED) is 0.741. The molecule has 0 radical (unpaired) electrons. The maximum atomic E-state index is 11.8. The molecule has 1 aliphatic rings. The van der Waals surface area contributed by atoms with Crippen LogP contribution in [0.25, 0.3) is 0 Å². The third-order valence-electron chi connectivity index (χ3n) is 2.93. The highest BCUT2D eigenvalue weighted by Crippen LogP contribution is 2.17. The minimum Gasteiger partial charge on any atom is -0.345 e. The third kappa shape index (κ3) is 2.81. The lowest BCUT2D eigenvalue weighted by molar-refractivity contribution is -0.137. The topological polar surface area (TPSA) is 66.5 Å². The van der Waals surface area contributed by atoms with E-state index in [0.29, 0.717) is 13.0 Å². The molecule has 2 amide bonds. The second-order valence-corrected chi connectivity index (χ2v) is 4.21. The number of ketones is 1. The lowest BCUT2D eigenvalue weighted by Crippen LogP contribution is -2.49. The van der Waals surface area contributed by atoms with Crippen LogP contribution in [-0.2, 0) is 14.4 Å². The molecule has 2 atom stereocenters. The van der Waals surface area contributed by atoms with E-state index in [-0.39, 0.29) is 17.6 Å². The molecule has 90 valence electrons. The molecular weight excluding hydrogens is 208 g/mol. The molecule has 0 aromatic heterocycles. The highest BCUT2D eigenvalue weighted by molar-refractivity contribution is 5.91. The first-order chi connectivity index (χ1) is 7.43. The van der Waals surface area contributed by atoms with Crippen LogP contribution in [0.1, 0.15) is 33.6 Å². The minimum absolute atomic E-state index is 0.0827. The van der Waals surface area contributed by atoms with Gasteiger partial charge in [0, 0.05) is 13.5 Å². The highest BCUT2D eigenvalue weighted by atomic mass is 16.2. The number of nitrogens with zero attached hydrogens (tertiary/aromatic N) is 1. The van der Waals surface area contributed by atoms with E-state index in [4.69, 9.17) is 0 Å². The predicted octanol–water partition coefficient (Wildman–Crippen LogP) is 0.0910. The summed E-state index contributed by atoms with van der Waals surface area (Å²) in [6.45, 7) is 5.16. The Labute approximate surface area is 95.2 Å². The number of Topliss-reactive ketones (excluding diaryl/α,β-unsaturated/α-hetero) is 1. The van der Waals surface area contributed by atoms with Crippen molar-refractivity contribution in [2.45, 2.75) is 45.7 Å². The van der Waals surface area contributed by atoms with Crippen molar-refractivity contribution in [1.29, 1.82) is 0 Å². The summed E-state index contributed by atoms with van der Waals surface area (Å²) in [5.41, 5.74) is 0. The second-order valence-electron chi connectivity index (χ2n) is 4.21. The SMILES string of the molecule is CC(=O)C(C)NC(=O)C1CCCN1C(C)=O. The van der Waals surface area contributed by atoms with Crippen molar-refractivity contribution in [3.05, 3.63) is 0 Å². The number of amides is 2. The minimum atomic E-state index is -0.484. The zero-order valence-corrected chi connectivity index (χ0v) is 9.95. The van der Waals surface area contributed by atoms with Gasteiger partial charge in [-0.25, -0.2) is 0 Å². The molecule has 1 rings (SSSR count). The number of hydrogen-bond donors (Lipinski definition) is 1. The van der Waals surface area contributed by atoms with E-state index >= 15 is 0 Å². The predicted molar refractivity (Wildman–Crippen MR) is 58.7 cm³/mol. The van der Waals surface area contributed by atoms with Gasteiger partial charge in [-0.15, -0.1) is 0 Å². The van der Waals surface area contributed by atoms with Crippen LogP contribution < -0.4 is 5.32 Å². The van der Waals surface area contributed by atoms with Crippen molar-refractivity contribution in [1.82, 2.24) is 10.2 Å². The summed E-state index contributed by atoms with van der Waals surface area (Å²) in [6, 6.07) is -0.888. The molecule has 5 heteroatoms. The van der Waals surface area contributed by atoms with Crippen molar-refractivity contribution in [3.63, 3.8) is 0 Å². The fourth-order valence-corrected chi connectivity index (χ4v) is 1.83. The number of carbonyl (C=O) groups excluding carboxylic acids is 3. The highest BCUT2D eigenvalue weighted by Gasteiger charge is 2.33. The first-order valence-corrected chi connectivity index (χ1v) is 5.51. The average molecular weight is 226 g/mol. The molecule has 16 heavy (non-hydrogen) atoms. The average Bonchev–Trinajstić information content (AvgIpc) is 2.65. The van der Waals surface area contributed by atoms with Gasteiger partial charge in [-0.2, -0.15) is 0 Å². The van der Waals surface area contributed by atoms with Crippen molar-refractivity contribution in [2.75, 3.05) is 6.54 Å². The van der Waals surface area contributed by atoms with Crippen molar-refractivity contribution >= 4 is 17.6 Å². The fourth-order valence-electron chi connectivity index (χ4n) is 1.83. The second kappa shape index (κ2) is 5.09. The maximum absolute atomic E-state index is 11.8. The Balaban J connectivity index is 2.60. The van der Waals surface area contributed by atoms with Gasteiger partial charge in [0.1, 0.15) is 6.04 Å². The van der Waals surface area contributed by atoms with Gasteiger partial charge in [-0.3, -0.25) is 14.4 Å². The van der Waals surface area contributed by atoms with Gasteiger partial charge in [-0.1, -0.05) is 0 Å². The number of hydrogen-bond acceptors (Lipinski definition) is 3. The summed E-state index contributed by atoms with van der Waals surface area (Å²) in [7, 11) is 0. The van der Waals surface area contributed by atoms with Gasteiger partial charge in [0.05, 0.1) is 6.04 Å². The lowest BCUT2D eigenvalue weighted by atomic mass is 10.1. The monoisotopic (exact) mass is 226 g/mol. The van der Waals surface area contributed by atoms with Crippen LogP contribution >= 0.6 is 0 Å². The van der Waals surface area contributed by atoms with E-state index in [1.807, 2.05) is 0 Å². The Bertz CT molecular complexity index is 314. The van der Waals surface area contributed by atoms with E-state index in [0.717, 1.165) is 6.42 Å². The first-order valence-electron chi connectivity index (χ1n) is 5.51. The lowest BCUT2D eigenvalue weighted by Gasteiger charge is -2.23. The zero-order valence-electron chi connectivity index (χ0n) is 9.95. The Morgan fingerprint density at radius 2 is 1.94 bits per heavy atom. The van der Waals surface area contributed by atoms with Crippen LogP contribution in [0.15, 0.2) is 0 Å². The molecular formula is C11H18N2O3. The largest absolute Gasteiger partial charge is 0.345 e. The van der Waals surface area contributed by atoms with Gasteiger partial charge in [0.25, 0.3) is 0 Å². The number of carbonyl (C=O) groups is 3. The summed E-state index contributed by atoms with van der Waals surface area (Å²) in [5, 5.41) is 2.62. The van der Waals surface area contributed by atoms with Crippen molar-refractivity contribution in [2.24, 2.45) is 0 Å². The summed E-state index contributed by atoms with van der Waals surface area (Å²) in [5.74, 6) is -0.399. The van der Waals surface area contributed by atoms with Crippen LogP contribution in [0.5, 0.6) is 0 Å². The molecule has 1 N–H and O–H groups in total. The number of rotatable bonds is 3. The maximum Gasteiger partial charge on any atom is 0.243 e. The normalized spacial score (nSPS) is 21.7. The van der Waals surface area contributed by atoms with E-state index in [1.165, 1.54) is 13.8 Å². The smallest absolute Gasteiger partial charge is 0.243 e. The molecule has 0 aliphatic carbocycles. The molecule has 2 unspecified atom stereocenters. The molecule has 0 bridgehead atoms. The Hall–Kier alpha value is -1.39.